The molecule has 1 atom stereocenters. The predicted molar refractivity (Wildman–Crippen MR) is 136 cm³/mol. The van der Waals surface area contributed by atoms with Gasteiger partial charge in [0.15, 0.2) is 0 Å². The average Bonchev–Trinajstić information content (AvgIpc) is 2.59. The quantitative estimate of drug-likeness (QED) is 0.103. The molecule has 0 amide bonds. The van der Waals surface area contributed by atoms with Crippen LogP contribution in [0.3, 0.4) is 0 Å². The van der Waals surface area contributed by atoms with Crippen molar-refractivity contribution in [3.05, 3.63) is 35.9 Å². The Morgan fingerprint density at radius 3 is 1.79 bits per heavy atom. The van der Waals surface area contributed by atoms with Gasteiger partial charge in [0.2, 0.25) is 0 Å². The van der Waals surface area contributed by atoms with E-state index in [4.69, 9.17) is 16.0 Å². The number of allylic oxidation sites excluding steroid dienone is 2. The summed E-state index contributed by atoms with van der Waals surface area (Å²) in [6.45, 7) is 22.1. The van der Waals surface area contributed by atoms with Crippen molar-refractivity contribution in [1.82, 2.24) is 0 Å². The summed E-state index contributed by atoms with van der Waals surface area (Å²) in [6, 6.07) is 0. The number of rotatable bonds is 17. The van der Waals surface area contributed by atoms with Gasteiger partial charge in [-0.25, -0.2) is 0 Å². The van der Waals surface area contributed by atoms with Gasteiger partial charge in [-0.05, 0) is 0 Å². The topological polar surface area (TPSA) is 9.23 Å². The van der Waals surface area contributed by atoms with Crippen LogP contribution in [-0.2, 0) is 4.43 Å². The van der Waals surface area contributed by atoms with Crippen LogP contribution in [0.5, 0.6) is 0 Å². The number of unbranched alkanes of at least 4 members (excludes halogenated alkanes) is 3. The van der Waals surface area contributed by atoms with Gasteiger partial charge >= 0.3 is 188 Å². The molecule has 0 heterocycles. The minimum absolute atomic E-state index is 0.0854. The molecule has 0 aliphatic heterocycles. The van der Waals surface area contributed by atoms with Gasteiger partial charge in [0.25, 0.3) is 0 Å². The first-order valence-electron chi connectivity index (χ1n) is 11.4. The third-order valence-electron chi connectivity index (χ3n) is 5.29. The van der Waals surface area contributed by atoms with Gasteiger partial charge < -0.3 is 0 Å². The van der Waals surface area contributed by atoms with Gasteiger partial charge in [-0.1, -0.05) is 0 Å². The average molecular weight is 534 g/mol. The third kappa shape index (κ3) is 14.5. The van der Waals surface area contributed by atoms with Crippen molar-refractivity contribution in [3.63, 3.8) is 0 Å². The van der Waals surface area contributed by atoms with E-state index >= 15 is 0 Å². The van der Waals surface area contributed by atoms with E-state index in [1.165, 1.54) is 61.8 Å². The van der Waals surface area contributed by atoms with Crippen molar-refractivity contribution in [2.45, 2.75) is 109 Å². The van der Waals surface area contributed by atoms with E-state index < -0.39 is 26.7 Å². The molecule has 0 aromatic rings. The Kier molecular flexibility index (Phi) is 15.6. The molecule has 1 nitrogen and oxygen atoms in total. The molecule has 0 radical (unpaired) electrons. The normalized spacial score (nSPS) is 13.8. The van der Waals surface area contributed by atoms with Crippen molar-refractivity contribution in [3.8, 4) is 0 Å². The number of hydrogen-bond donors (Lipinski definition) is 0. The summed E-state index contributed by atoms with van der Waals surface area (Å²) in [5.74, 6) is 0. The van der Waals surface area contributed by atoms with Crippen molar-refractivity contribution < 1.29 is 4.43 Å². The Bertz CT molecular complexity index is 460. The van der Waals surface area contributed by atoms with Crippen LogP contribution in [0.1, 0.15) is 65.7 Å². The van der Waals surface area contributed by atoms with Crippen LogP contribution in [0.15, 0.2) is 35.9 Å². The van der Waals surface area contributed by atoms with Gasteiger partial charge in [0, 0.05) is 0 Å². The Morgan fingerprint density at radius 2 is 1.43 bits per heavy atom. The fraction of sp³-hybridized carbons (Fsp3) is 0.750. The monoisotopic (exact) mass is 534 g/mol. The van der Waals surface area contributed by atoms with Gasteiger partial charge in [0.05, 0.1) is 0 Å². The Balaban J connectivity index is 5.31. The van der Waals surface area contributed by atoms with E-state index in [-0.39, 0.29) is 6.10 Å². The van der Waals surface area contributed by atoms with Crippen LogP contribution < -0.4 is 0 Å². The molecule has 0 rings (SSSR count). The standard InChI is InChI=1S/C12H20ClOSi.3C4H9.Sn/c1-10(2)9-12(8-7-11(3)13)14-15(4,5)6;3*1-3-4-2;/h7-8,12H,1-3,9H2,4-6H3;3*1,3-4H2,2H3;/b8-7+;;;;/t12-;;;;/m0..../s1. The van der Waals surface area contributed by atoms with Crippen molar-refractivity contribution in [2.24, 2.45) is 0 Å². The van der Waals surface area contributed by atoms with E-state index in [1.54, 1.807) is 0 Å². The molecule has 0 saturated carbocycles. The number of hydrogen-bond acceptors (Lipinski definition) is 1. The molecule has 0 spiro atoms. The van der Waals surface area contributed by atoms with Gasteiger partial charge in [-0.3, -0.25) is 0 Å². The molecular weight excluding hydrogens is 487 g/mol. The summed E-state index contributed by atoms with van der Waals surface area (Å²) in [7, 11) is -1.63. The molecule has 164 valence electrons. The molecule has 0 aromatic carbocycles. The summed E-state index contributed by atoms with van der Waals surface area (Å²) >= 11 is 3.79. The summed E-state index contributed by atoms with van der Waals surface area (Å²) in [4.78, 5) is 0. The molecule has 0 bridgehead atoms. The molecule has 0 aromatic heterocycles. The van der Waals surface area contributed by atoms with E-state index in [0.717, 1.165) is 6.42 Å². The summed E-state index contributed by atoms with van der Waals surface area (Å²) in [6.07, 6.45) is 13.2. The van der Waals surface area contributed by atoms with Crippen molar-refractivity contribution in [2.75, 3.05) is 0 Å². The summed E-state index contributed by atoms with van der Waals surface area (Å²) < 4.78 is 12.4. The third-order valence-corrected chi connectivity index (χ3v) is 22.1. The van der Waals surface area contributed by atoms with E-state index in [1.807, 2.05) is 6.08 Å². The molecule has 0 N–H and O–H groups in total. The maximum absolute atomic E-state index is 6.43. The summed E-state index contributed by atoms with van der Waals surface area (Å²) in [5.41, 5.74) is 1.42. The first-order valence-corrected chi connectivity index (χ1v) is 23.3. The van der Waals surface area contributed by atoms with Crippen LogP contribution in [0.4, 0.5) is 0 Å². The summed E-state index contributed by atoms with van der Waals surface area (Å²) in [5, 5.41) is 0.567. The second kappa shape index (κ2) is 15.3. The van der Waals surface area contributed by atoms with Crippen LogP contribution in [0.25, 0.3) is 0 Å². The molecule has 28 heavy (non-hydrogen) atoms. The van der Waals surface area contributed by atoms with E-state index in [9.17, 15) is 0 Å². The Hall–Kier alpha value is 0.486. The molecule has 0 aliphatic carbocycles. The fourth-order valence-corrected chi connectivity index (χ4v) is 21.7. The molecule has 0 unspecified atom stereocenters. The Labute approximate surface area is 187 Å². The molecule has 4 heteroatoms. The molecule has 0 fully saturated rings. The van der Waals surface area contributed by atoms with Crippen LogP contribution in [0.2, 0.25) is 37.4 Å². The molecular formula is C24H47ClOSiSn. The fourth-order valence-electron chi connectivity index (χ4n) is 4.00. The predicted octanol–water partition coefficient (Wildman–Crippen LogP) is 9.31. The molecule has 0 saturated heterocycles. The zero-order chi connectivity index (χ0) is 21.6. The first-order chi connectivity index (χ1) is 13.1. The number of halogens is 1. The second-order valence-corrected chi connectivity index (χ2v) is 28.3. The minimum atomic E-state index is -2.19. The van der Waals surface area contributed by atoms with E-state index in [0.29, 0.717) is 5.03 Å². The van der Waals surface area contributed by atoms with Crippen LogP contribution in [0, 0.1) is 0 Å². The van der Waals surface area contributed by atoms with Crippen LogP contribution >= 0.6 is 11.6 Å². The van der Waals surface area contributed by atoms with Gasteiger partial charge in [0.1, 0.15) is 0 Å². The zero-order valence-electron chi connectivity index (χ0n) is 19.7. The van der Waals surface area contributed by atoms with Crippen molar-refractivity contribution in [1.29, 1.82) is 0 Å². The van der Waals surface area contributed by atoms with Crippen molar-refractivity contribution >= 4 is 38.3 Å². The Morgan fingerprint density at radius 1 is 0.964 bits per heavy atom. The first kappa shape index (κ1) is 28.5. The molecule has 0 aliphatic rings. The zero-order valence-corrected chi connectivity index (χ0v) is 24.3. The van der Waals surface area contributed by atoms with E-state index in [2.05, 4.69) is 59.6 Å². The second-order valence-electron chi connectivity index (χ2n) is 9.52. The van der Waals surface area contributed by atoms with Crippen LogP contribution in [-0.4, -0.2) is 32.8 Å². The van der Waals surface area contributed by atoms with Gasteiger partial charge in [-0.15, -0.1) is 0 Å². The SMILES string of the molecule is C=C(Cl)/C=C/[C@@H](CC(=C)[CH2][Sn]([CH2]CCC)([CH2]CCC)[CH2]CCC)O[Si](C)(C)C. The maximum atomic E-state index is 6.43. The van der Waals surface area contributed by atoms with Gasteiger partial charge in [-0.2, -0.15) is 0 Å².